The highest BCUT2D eigenvalue weighted by molar-refractivity contribution is 5.67. The lowest BCUT2D eigenvalue weighted by atomic mass is 9.92. The van der Waals surface area contributed by atoms with Gasteiger partial charge in [-0.15, -0.1) is 0 Å². The molecule has 0 bridgehead atoms. The van der Waals surface area contributed by atoms with Crippen LogP contribution in [0.25, 0.3) is 0 Å². The number of rotatable bonds is 3. The van der Waals surface area contributed by atoms with Crippen molar-refractivity contribution in [2.75, 3.05) is 30.3 Å². The first-order chi connectivity index (χ1) is 8.61. The van der Waals surface area contributed by atoms with Crippen molar-refractivity contribution < 1.29 is 4.74 Å². The molecule has 18 heavy (non-hydrogen) atoms. The monoisotopic (exact) mass is 250 g/mol. The van der Waals surface area contributed by atoms with Crippen molar-refractivity contribution in [2.45, 2.75) is 27.2 Å². The van der Waals surface area contributed by atoms with Gasteiger partial charge in [0.1, 0.15) is 12.0 Å². The van der Waals surface area contributed by atoms with Crippen LogP contribution in [0.3, 0.4) is 0 Å². The van der Waals surface area contributed by atoms with E-state index >= 15 is 0 Å². The second kappa shape index (κ2) is 5.42. The van der Waals surface area contributed by atoms with E-state index in [-0.39, 0.29) is 0 Å². The number of nitrogens with zero attached hydrogens (tertiary/aromatic N) is 3. The minimum absolute atomic E-state index is 0.494. The lowest BCUT2D eigenvalue weighted by Gasteiger charge is -2.36. The van der Waals surface area contributed by atoms with Gasteiger partial charge in [0.25, 0.3) is 0 Å². The van der Waals surface area contributed by atoms with Gasteiger partial charge >= 0.3 is 0 Å². The summed E-state index contributed by atoms with van der Waals surface area (Å²) in [6.45, 7) is 9.01. The second-order valence-electron chi connectivity index (χ2n) is 5.20. The minimum atomic E-state index is 0.494. The molecule has 1 aliphatic heterocycles. The summed E-state index contributed by atoms with van der Waals surface area (Å²) in [6.07, 6.45) is 2.79. The molecular formula is C13H22N4O. The van der Waals surface area contributed by atoms with Gasteiger partial charge in [0.2, 0.25) is 5.88 Å². The summed E-state index contributed by atoms with van der Waals surface area (Å²) in [5.41, 5.74) is 6.66. The third-order valence-corrected chi connectivity index (χ3v) is 3.28. The topological polar surface area (TPSA) is 64.3 Å². The first-order valence-electron chi connectivity index (χ1n) is 6.60. The van der Waals surface area contributed by atoms with Crippen LogP contribution in [0.2, 0.25) is 0 Å². The average Bonchev–Trinajstić information content (AvgIpc) is 2.31. The molecule has 100 valence electrons. The Balaban J connectivity index is 2.24. The van der Waals surface area contributed by atoms with Crippen molar-refractivity contribution in [1.29, 1.82) is 0 Å². The van der Waals surface area contributed by atoms with Gasteiger partial charge in [-0.25, -0.2) is 4.98 Å². The Morgan fingerprint density at radius 3 is 2.61 bits per heavy atom. The largest absolute Gasteiger partial charge is 0.476 e. The molecule has 1 aromatic rings. The molecule has 0 aliphatic carbocycles. The summed E-state index contributed by atoms with van der Waals surface area (Å²) in [5, 5.41) is 0. The molecule has 0 spiro atoms. The van der Waals surface area contributed by atoms with Crippen molar-refractivity contribution in [1.82, 2.24) is 9.97 Å². The predicted octanol–water partition coefficient (Wildman–Crippen LogP) is 1.94. The molecule has 1 aromatic heterocycles. The molecule has 1 saturated heterocycles. The van der Waals surface area contributed by atoms with Gasteiger partial charge < -0.3 is 15.4 Å². The van der Waals surface area contributed by atoms with Crippen LogP contribution < -0.4 is 15.4 Å². The minimum Gasteiger partial charge on any atom is -0.476 e. The van der Waals surface area contributed by atoms with Crippen LogP contribution in [-0.2, 0) is 0 Å². The molecule has 1 fully saturated rings. The Hall–Kier alpha value is -1.52. The summed E-state index contributed by atoms with van der Waals surface area (Å²) in [6, 6.07) is 0. The van der Waals surface area contributed by atoms with Crippen LogP contribution in [0.1, 0.15) is 27.2 Å². The fourth-order valence-corrected chi connectivity index (χ4v) is 2.71. The van der Waals surface area contributed by atoms with Crippen molar-refractivity contribution in [2.24, 2.45) is 11.8 Å². The van der Waals surface area contributed by atoms with E-state index in [4.69, 9.17) is 10.5 Å². The molecule has 0 aromatic carbocycles. The maximum Gasteiger partial charge on any atom is 0.242 e. The van der Waals surface area contributed by atoms with Crippen LogP contribution in [0.5, 0.6) is 5.88 Å². The fourth-order valence-electron chi connectivity index (χ4n) is 2.71. The van der Waals surface area contributed by atoms with E-state index in [1.165, 1.54) is 12.7 Å². The maximum atomic E-state index is 6.10. The Bertz CT molecular complexity index is 400. The van der Waals surface area contributed by atoms with E-state index in [0.717, 1.165) is 18.9 Å². The van der Waals surface area contributed by atoms with Gasteiger partial charge in [0.05, 0.1) is 6.61 Å². The van der Waals surface area contributed by atoms with Gasteiger partial charge in [-0.05, 0) is 25.2 Å². The first-order valence-corrected chi connectivity index (χ1v) is 6.60. The highest BCUT2D eigenvalue weighted by Gasteiger charge is 2.25. The number of nitrogens with two attached hydrogens (primary N) is 1. The van der Waals surface area contributed by atoms with Crippen LogP contribution in [0, 0.1) is 11.8 Å². The summed E-state index contributed by atoms with van der Waals surface area (Å²) in [7, 11) is 0. The van der Waals surface area contributed by atoms with Crippen molar-refractivity contribution >= 4 is 11.5 Å². The van der Waals surface area contributed by atoms with E-state index in [1.54, 1.807) is 0 Å². The molecule has 0 radical (unpaired) electrons. The van der Waals surface area contributed by atoms with E-state index in [1.807, 2.05) is 6.92 Å². The molecule has 0 saturated carbocycles. The molecule has 5 nitrogen and oxygen atoms in total. The lowest BCUT2D eigenvalue weighted by Crippen LogP contribution is -2.39. The number of piperidine rings is 1. The number of anilines is 2. The number of aromatic nitrogens is 2. The molecule has 1 aliphatic rings. The Morgan fingerprint density at radius 1 is 1.33 bits per heavy atom. The maximum absolute atomic E-state index is 6.10. The molecule has 2 N–H and O–H groups in total. The van der Waals surface area contributed by atoms with Crippen LogP contribution in [-0.4, -0.2) is 29.7 Å². The third kappa shape index (κ3) is 2.66. The highest BCUT2D eigenvalue weighted by atomic mass is 16.5. The van der Waals surface area contributed by atoms with Crippen LogP contribution >= 0.6 is 0 Å². The predicted molar refractivity (Wildman–Crippen MR) is 72.8 cm³/mol. The number of nitrogen functional groups attached to an aromatic ring is 1. The van der Waals surface area contributed by atoms with Gasteiger partial charge in [0, 0.05) is 13.1 Å². The normalized spacial score (nSPS) is 24.1. The smallest absolute Gasteiger partial charge is 0.242 e. The quantitative estimate of drug-likeness (QED) is 0.888. The molecule has 2 rings (SSSR count). The van der Waals surface area contributed by atoms with Crippen molar-refractivity contribution in [3.63, 3.8) is 0 Å². The number of ether oxygens (including phenoxy) is 1. The summed E-state index contributed by atoms with van der Waals surface area (Å²) >= 11 is 0. The summed E-state index contributed by atoms with van der Waals surface area (Å²) in [5.74, 6) is 2.64. The zero-order valence-corrected chi connectivity index (χ0v) is 11.4. The van der Waals surface area contributed by atoms with Gasteiger partial charge in [0.15, 0.2) is 5.82 Å². The van der Waals surface area contributed by atoms with E-state index in [0.29, 0.717) is 30.0 Å². The molecule has 2 heterocycles. The Morgan fingerprint density at radius 2 is 2.00 bits per heavy atom. The third-order valence-electron chi connectivity index (χ3n) is 3.28. The fraction of sp³-hybridized carbons (Fsp3) is 0.692. The molecule has 0 amide bonds. The second-order valence-corrected chi connectivity index (χ2v) is 5.20. The molecule has 2 unspecified atom stereocenters. The highest BCUT2D eigenvalue weighted by Crippen LogP contribution is 2.32. The van der Waals surface area contributed by atoms with Gasteiger partial charge in [-0.2, -0.15) is 4.98 Å². The number of hydrogen-bond donors (Lipinski definition) is 1. The molecular weight excluding hydrogens is 228 g/mol. The van der Waals surface area contributed by atoms with Gasteiger partial charge in [-0.1, -0.05) is 13.8 Å². The van der Waals surface area contributed by atoms with Crippen LogP contribution in [0.15, 0.2) is 6.33 Å². The van der Waals surface area contributed by atoms with Crippen LogP contribution in [0.4, 0.5) is 11.5 Å². The Kier molecular flexibility index (Phi) is 3.89. The zero-order valence-electron chi connectivity index (χ0n) is 11.4. The van der Waals surface area contributed by atoms with E-state index in [9.17, 15) is 0 Å². The molecule has 5 heteroatoms. The first kappa shape index (κ1) is 12.9. The lowest BCUT2D eigenvalue weighted by molar-refractivity contribution is 0.327. The SMILES string of the molecule is CCOc1ncnc(N2CC(C)CC(C)C2)c1N. The summed E-state index contributed by atoms with van der Waals surface area (Å²) in [4.78, 5) is 10.6. The standard InChI is InChI=1S/C13H22N4O/c1-4-18-13-11(14)12(15-8-16-13)17-6-9(2)5-10(3)7-17/h8-10H,4-7,14H2,1-3H3. The molecule has 2 atom stereocenters. The number of hydrogen-bond acceptors (Lipinski definition) is 5. The van der Waals surface area contributed by atoms with E-state index < -0.39 is 0 Å². The van der Waals surface area contributed by atoms with Crippen molar-refractivity contribution in [3.8, 4) is 5.88 Å². The Labute approximate surface area is 108 Å². The zero-order chi connectivity index (χ0) is 13.1. The summed E-state index contributed by atoms with van der Waals surface area (Å²) < 4.78 is 5.42. The van der Waals surface area contributed by atoms with Crippen molar-refractivity contribution in [3.05, 3.63) is 6.33 Å². The average molecular weight is 250 g/mol. The van der Waals surface area contributed by atoms with Gasteiger partial charge in [-0.3, -0.25) is 0 Å². The van der Waals surface area contributed by atoms with E-state index in [2.05, 4.69) is 28.7 Å².